The van der Waals surface area contributed by atoms with Crippen LogP contribution >= 0.6 is 0 Å². The number of aromatic nitrogens is 1. The summed E-state index contributed by atoms with van der Waals surface area (Å²) in [6.45, 7) is 10.4. The Balaban J connectivity index is 1.69. The van der Waals surface area contributed by atoms with E-state index in [0.29, 0.717) is 24.2 Å². The number of alkyl carbamates (subject to hydrolysis) is 1. The SMILES string of the molecule is CC(C)(C)OC(=O)NCCCOc1ccn2c(=O)cc(C(=O)NCC(NS(=O)(=O)c3ccccc3)C(=O)OC(C)(C)C)cc2c1. The van der Waals surface area contributed by atoms with Crippen molar-refractivity contribution in [2.24, 2.45) is 0 Å². The third-order valence-electron chi connectivity index (χ3n) is 5.81. The molecule has 3 aromatic rings. The Morgan fingerprint density at radius 2 is 1.56 bits per heavy atom. The van der Waals surface area contributed by atoms with Crippen LogP contribution in [0.25, 0.3) is 5.52 Å². The molecule has 0 aliphatic carbocycles. The third kappa shape index (κ3) is 11.2. The van der Waals surface area contributed by atoms with E-state index in [2.05, 4.69) is 15.4 Å². The van der Waals surface area contributed by atoms with Crippen LogP contribution < -0.4 is 25.7 Å². The average molecular weight is 645 g/mol. The van der Waals surface area contributed by atoms with Crippen LogP contribution in [0.15, 0.2) is 70.5 Å². The Bertz CT molecular complexity index is 1680. The number of pyridine rings is 2. The molecule has 0 aliphatic heterocycles. The molecule has 2 heterocycles. The molecular formula is C31H40N4O9S. The number of amides is 2. The van der Waals surface area contributed by atoms with Crippen molar-refractivity contribution < 1.29 is 37.0 Å². The summed E-state index contributed by atoms with van der Waals surface area (Å²) in [5.74, 6) is -1.16. The number of nitrogens with zero attached hydrogens (tertiary/aromatic N) is 1. The van der Waals surface area contributed by atoms with Gasteiger partial charge >= 0.3 is 12.1 Å². The summed E-state index contributed by atoms with van der Waals surface area (Å²) in [6.07, 6.45) is 1.47. The van der Waals surface area contributed by atoms with E-state index < -0.39 is 57.3 Å². The maximum Gasteiger partial charge on any atom is 0.407 e. The smallest absolute Gasteiger partial charge is 0.407 e. The van der Waals surface area contributed by atoms with Gasteiger partial charge in [0.25, 0.3) is 11.5 Å². The van der Waals surface area contributed by atoms with Gasteiger partial charge in [0.05, 0.1) is 17.0 Å². The zero-order chi connectivity index (χ0) is 33.4. The van der Waals surface area contributed by atoms with Gasteiger partial charge in [0, 0.05) is 37.0 Å². The lowest BCUT2D eigenvalue weighted by Gasteiger charge is -2.24. The van der Waals surface area contributed by atoms with E-state index in [1.807, 2.05) is 0 Å². The molecule has 14 heteroatoms. The number of fused-ring (bicyclic) bond motifs is 1. The molecule has 3 rings (SSSR count). The van der Waals surface area contributed by atoms with Gasteiger partial charge in [0.15, 0.2) is 0 Å². The number of sulfonamides is 1. The van der Waals surface area contributed by atoms with E-state index in [1.54, 1.807) is 59.7 Å². The summed E-state index contributed by atoms with van der Waals surface area (Å²) in [5, 5.41) is 5.17. The molecule has 0 radical (unpaired) electrons. The molecule has 0 spiro atoms. The molecule has 1 aromatic carbocycles. The molecule has 0 fully saturated rings. The zero-order valence-corrected chi connectivity index (χ0v) is 27.0. The highest BCUT2D eigenvalue weighted by atomic mass is 32.2. The van der Waals surface area contributed by atoms with E-state index in [1.165, 1.54) is 40.9 Å². The Morgan fingerprint density at radius 1 is 0.889 bits per heavy atom. The normalized spacial score (nSPS) is 12.7. The number of esters is 1. The van der Waals surface area contributed by atoms with Crippen molar-refractivity contribution in [2.75, 3.05) is 19.7 Å². The first-order valence-electron chi connectivity index (χ1n) is 14.3. The van der Waals surface area contributed by atoms with Crippen LogP contribution in [-0.4, -0.2) is 67.7 Å². The summed E-state index contributed by atoms with van der Waals surface area (Å²) in [4.78, 5) is 50.4. The van der Waals surface area contributed by atoms with E-state index in [0.717, 1.165) is 6.07 Å². The van der Waals surface area contributed by atoms with Crippen molar-refractivity contribution in [3.63, 3.8) is 0 Å². The second-order valence-electron chi connectivity index (χ2n) is 12.1. The van der Waals surface area contributed by atoms with E-state index >= 15 is 0 Å². The van der Waals surface area contributed by atoms with Gasteiger partial charge in [0.1, 0.15) is 23.0 Å². The molecule has 1 unspecified atom stereocenters. The highest BCUT2D eigenvalue weighted by molar-refractivity contribution is 7.89. The van der Waals surface area contributed by atoms with Gasteiger partial charge in [0.2, 0.25) is 10.0 Å². The number of rotatable bonds is 12. The van der Waals surface area contributed by atoms with Crippen LogP contribution in [0.5, 0.6) is 5.75 Å². The number of benzene rings is 1. The highest BCUT2D eigenvalue weighted by Gasteiger charge is 2.30. The molecule has 1 atom stereocenters. The molecule has 244 valence electrons. The minimum Gasteiger partial charge on any atom is -0.493 e. The van der Waals surface area contributed by atoms with Crippen LogP contribution in [0.1, 0.15) is 58.3 Å². The van der Waals surface area contributed by atoms with Gasteiger partial charge < -0.3 is 24.8 Å². The molecule has 45 heavy (non-hydrogen) atoms. The van der Waals surface area contributed by atoms with Crippen LogP contribution in [-0.2, 0) is 24.3 Å². The number of carbonyl (C=O) groups excluding carboxylic acids is 3. The Hall–Kier alpha value is -4.43. The number of hydrogen-bond acceptors (Lipinski definition) is 9. The van der Waals surface area contributed by atoms with Crippen molar-refractivity contribution in [3.05, 3.63) is 76.7 Å². The van der Waals surface area contributed by atoms with Gasteiger partial charge in [-0.25, -0.2) is 13.2 Å². The lowest BCUT2D eigenvalue weighted by atomic mass is 10.2. The molecule has 0 saturated carbocycles. The standard InChI is InChI=1S/C31H40N4O9S/c1-30(2,3)43-28(38)25(34-45(40,41)24-11-8-7-9-12-24)20-33-27(37)21-17-22-19-23(13-15-35(22)26(36)18-21)42-16-10-14-32-29(39)44-31(4,5)6/h7-9,11-13,15,17-19,25,34H,10,14,16,20H2,1-6H3,(H,32,39)(H,33,37). The number of hydrogen-bond donors (Lipinski definition) is 3. The average Bonchev–Trinajstić information content (AvgIpc) is 2.93. The fourth-order valence-corrected chi connectivity index (χ4v) is 5.10. The molecule has 0 aliphatic rings. The fourth-order valence-electron chi connectivity index (χ4n) is 3.90. The summed E-state index contributed by atoms with van der Waals surface area (Å²) < 4.78 is 45.8. The lowest BCUT2D eigenvalue weighted by Crippen LogP contribution is -2.50. The van der Waals surface area contributed by atoms with Gasteiger partial charge in [-0.3, -0.25) is 18.8 Å². The highest BCUT2D eigenvalue weighted by Crippen LogP contribution is 2.16. The minimum atomic E-state index is -4.13. The van der Waals surface area contributed by atoms with Gasteiger partial charge in [-0.2, -0.15) is 4.72 Å². The van der Waals surface area contributed by atoms with Crippen LogP contribution in [0.3, 0.4) is 0 Å². The first-order valence-corrected chi connectivity index (χ1v) is 15.8. The quantitative estimate of drug-likeness (QED) is 0.198. The number of nitrogens with one attached hydrogen (secondary N) is 3. The topological polar surface area (TPSA) is 171 Å². The molecule has 0 saturated heterocycles. The predicted molar refractivity (Wildman–Crippen MR) is 167 cm³/mol. The van der Waals surface area contributed by atoms with Crippen molar-refractivity contribution in [1.29, 1.82) is 0 Å². The minimum absolute atomic E-state index is 0.00688. The van der Waals surface area contributed by atoms with Crippen molar-refractivity contribution in [2.45, 2.75) is 70.1 Å². The second kappa shape index (κ2) is 14.6. The van der Waals surface area contributed by atoms with Crippen molar-refractivity contribution in [3.8, 4) is 5.75 Å². The maximum atomic E-state index is 13.1. The Labute approximate surface area is 262 Å². The molecular weight excluding hydrogens is 604 g/mol. The monoisotopic (exact) mass is 644 g/mol. The Kier molecular flexibility index (Phi) is 11.3. The van der Waals surface area contributed by atoms with Crippen LogP contribution in [0.2, 0.25) is 0 Å². The molecule has 13 nitrogen and oxygen atoms in total. The summed E-state index contributed by atoms with van der Waals surface area (Å²) in [7, 11) is -4.13. The first kappa shape index (κ1) is 35.1. The van der Waals surface area contributed by atoms with Gasteiger partial charge in [-0.05, 0) is 72.2 Å². The van der Waals surface area contributed by atoms with Crippen LogP contribution in [0.4, 0.5) is 4.79 Å². The maximum absolute atomic E-state index is 13.1. The van der Waals surface area contributed by atoms with Gasteiger partial charge in [-0.15, -0.1) is 0 Å². The molecule has 2 amide bonds. The lowest BCUT2D eigenvalue weighted by molar-refractivity contribution is -0.156. The van der Waals surface area contributed by atoms with E-state index in [-0.39, 0.29) is 17.1 Å². The third-order valence-corrected chi connectivity index (χ3v) is 7.29. The zero-order valence-electron chi connectivity index (χ0n) is 26.2. The molecule has 3 N–H and O–H groups in total. The van der Waals surface area contributed by atoms with Crippen molar-refractivity contribution in [1.82, 2.24) is 19.8 Å². The predicted octanol–water partition coefficient (Wildman–Crippen LogP) is 3.01. The largest absolute Gasteiger partial charge is 0.493 e. The summed E-state index contributed by atoms with van der Waals surface area (Å²) in [6, 6.07) is 11.8. The fraction of sp³-hybridized carbons (Fsp3) is 0.419. The molecule has 2 aromatic heterocycles. The Morgan fingerprint density at radius 3 is 2.20 bits per heavy atom. The number of ether oxygens (including phenoxy) is 3. The molecule has 0 bridgehead atoms. The van der Waals surface area contributed by atoms with E-state index in [9.17, 15) is 27.6 Å². The summed E-state index contributed by atoms with van der Waals surface area (Å²) >= 11 is 0. The summed E-state index contributed by atoms with van der Waals surface area (Å²) in [5.41, 5.74) is -1.64. The second-order valence-corrected chi connectivity index (χ2v) is 13.8. The van der Waals surface area contributed by atoms with E-state index in [4.69, 9.17) is 14.2 Å². The van der Waals surface area contributed by atoms with Gasteiger partial charge in [-0.1, -0.05) is 18.2 Å². The van der Waals surface area contributed by atoms with Crippen LogP contribution in [0, 0.1) is 0 Å². The van der Waals surface area contributed by atoms with Crippen molar-refractivity contribution >= 4 is 33.5 Å². The number of carbonyl (C=O) groups is 3. The first-order chi connectivity index (χ1) is 20.9.